The number of hydrogen-bond acceptors (Lipinski definition) is 4. The van der Waals surface area contributed by atoms with E-state index < -0.39 is 15.9 Å². The van der Waals surface area contributed by atoms with Gasteiger partial charge in [-0.15, -0.1) is 0 Å². The van der Waals surface area contributed by atoms with E-state index in [1.54, 1.807) is 13.0 Å². The van der Waals surface area contributed by atoms with Crippen molar-refractivity contribution in [2.45, 2.75) is 19.1 Å². The van der Waals surface area contributed by atoms with Crippen LogP contribution in [0.2, 0.25) is 0 Å². The molecule has 0 aromatic rings. The topological polar surface area (TPSA) is 52.6 Å². The van der Waals surface area contributed by atoms with Crippen molar-refractivity contribution in [2.24, 2.45) is 0 Å². The lowest BCUT2D eigenvalue weighted by atomic mass is 10.2. The molecule has 0 saturated heterocycles. The monoisotopic (exact) mass is 178 g/mol. The molecule has 0 aromatic carbocycles. The molecule has 1 aliphatic heterocycles. The van der Waals surface area contributed by atoms with Gasteiger partial charge >= 0.3 is 0 Å². The number of rotatable bonds is 2. The molecule has 1 aliphatic rings. The van der Waals surface area contributed by atoms with E-state index in [-0.39, 0.29) is 0 Å². The molecule has 5 heteroatoms. The first kappa shape index (κ1) is 8.55. The van der Waals surface area contributed by atoms with E-state index in [0.29, 0.717) is 6.42 Å². The maximum Gasteiger partial charge on any atom is 0.267 e. The van der Waals surface area contributed by atoms with Crippen LogP contribution in [0.3, 0.4) is 0 Å². The van der Waals surface area contributed by atoms with Crippen LogP contribution in [-0.2, 0) is 19.0 Å². The van der Waals surface area contributed by atoms with Crippen LogP contribution in [0.25, 0.3) is 0 Å². The first-order chi connectivity index (χ1) is 4.91. The summed E-state index contributed by atoms with van der Waals surface area (Å²) in [6, 6.07) is 0. The van der Waals surface area contributed by atoms with Crippen LogP contribution < -0.4 is 0 Å². The summed E-state index contributed by atoms with van der Waals surface area (Å²) in [6.07, 6.45) is 4.61. The maximum absolute atomic E-state index is 10.7. The zero-order chi connectivity index (χ0) is 8.54. The van der Waals surface area contributed by atoms with Gasteiger partial charge in [0.15, 0.2) is 0 Å². The largest absolute Gasteiger partial charge is 0.469 e. The van der Waals surface area contributed by atoms with Crippen molar-refractivity contribution in [1.82, 2.24) is 0 Å². The molecule has 0 radical (unpaired) electrons. The standard InChI is InChI=1S/C6H10O4S/c1-6(4-3-5-9-6)10-11(2,7)8/h3,5H,4H2,1-2H3. The quantitative estimate of drug-likeness (QED) is 0.581. The van der Waals surface area contributed by atoms with Crippen molar-refractivity contribution in [3.8, 4) is 0 Å². The van der Waals surface area contributed by atoms with Crippen LogP contribution in [-0.4, -0.2) is 20.5 Å². The van der Waals surface area contributed by atoms with Crippen LogP contribution in [0.5, 0.6) is 0 Å². The lowest BCUT2D eigenvalue weighted by molar-refractivity contribution is -0.107. The van der Waals surface area contributed by atoms with Crippen molar-refractivity contribution in [3.05, 3.63) is 12.3 Å². The summed E-state index contributed by atoms with van der Waals surface area (Å²) in [6.45, 7) is 1.58. The average Bonchev–Trinajstić information content (AvgIpc) is 2.09. The van der Waals surface area contributed by atoms with E-state index in [4.69, 9.17) is 4.74 Å². The Morgan fingerprint density at radius 3 is 2.64 bits per heavy atom. The highest BCUT2D eigenvalue weighted by molar-refractivity contribution is 7.86. The lowest BCUT2D eigenvalue weighted by Crippen LogP contribution is -2.29. The molecule has 4 nitrogen and oxygen atoms in total. The zero-order valence-corrected chi connectivity index (χ0v) is 7.22. The minimum atomic E-state index is -3.43. The van der Waals surface area contributed by atoms with Gasteiger partial charge in [0.25, 0.3) is 10.1 Å². The second-order valence-electron chi connectivity index (χ2n) is 2.62. The number of ether oxygens (including phenoxy) is 1. The molecular weight excluding hydrogens is 168 g/mol. The normalized spacial score (nSPS) is 30.4. The fourth-order valence-electron chi connectivity index (χ4n) is 0.876. The molecule has 1 heterocycles. The van der Waals surface area contributed by atoms with E-state index in [1.807, 2.05) is 0 Å². The zero-order valence-electron chi connectivity index (χ0n) is 6.40. The molecule has 0 aromatic heterocycles. The van der Waals surface area contributed by atoms with Gasteiger partial charge in [-0.25, -0.2) is 4.18 Å². The Morgan fingerprint density at radius 2 is 2.27 bits per heavy atom. The van der Waals surface area contributed by atoms with Crippen LogP contribution in [0.1, 0.15) is 13.3 Å². The molecule has 0 N–H and O–H groups in total. The first-order valence-corrected chi connectivity index (χ1v) is 4.96. The van der Waals surface area contributed by atoms with Crippen LogP contribution in [0.4, 0.5) is 0 Å². The van der Waals surface area contributed by atoms with E-state index in [2.05, 4.69) is 4.18 Å². The second kappa shape index (κ2) is 2.49. The first-order valence-electron chi connectivity index (χ1n) is 3.15. The molecule has 0 amide bonds. The second-order valence-corrected chi connectivity index (χ2v) is 4.19. The van der Waals surface area contributed by atoms with Gasteiger partial charge in [-0.1, -0.05) is 0 Å². The lowest BCUT2D eigenvalue weighted by Gasteiger charge is -2.21. The fourth-order valence-corrected chi connectivity index (χ4v) is 1.62. The van der Waals surface area contributed by atoms with E-state index >= 15 is 0 Å². The molecule has 0 saturated carbocycles. The Labute approximate surface area is 65.9 Å². The van der Waals surface area contributed by atoms with Gasteiger partial charge < -0.3 is 4.74 Å². The predicted octanol–water partition coefficient (Wildman–Crippen LogP) is 0.613. The molecule has 0 aliphatic carbocycles. The minimum Gasteiger partial charge on any atom is -0.469 e. The molecular formula is C6H10O4S. The molecule has 11 heavy (non-hydrogen) atoms. The molecule has 0 fully saturated rings. The molecule has 1 unspecified atom stereocenters. The third-order valence-corrected chi connectivity index (χ3v) is 1.89. The van der Waals surface area contributed by atoms with E-state index in [1.165, 1.54) is 6.26 Å². The highest BCUT2D eigenvalue weighted by atomic mass is 32.2. The Balaban J connectivity index is 2.63. The SMILES string of the molecule is CC1(OS(C)(=O)=O)CC=CO1. The Hall–Kier alpha value is -0.550. The summed E-state index contributed by atoms with van der Waals surface area (Å²) in [5.74, 6) is -1.02. The van der Waals surface area contributed by atoms with Crippen molar-refractivity contribution in [2.75, 3.05) is 6.26 Å². The Bertz CT molecular complexity index is 256. The summed E-state index contributed by atoms with van der Waals surface area (Å²) in [5, 5.41) is 0. The van der Waals surface area contributed by atoms with Crippen LogP contribution >= 0.6 is 0 Å². The Kier molecular flexibility index (Phi) is 1.94. The maximum atomic E-state index is 10.7. The van der Waals surface area contributed by atoms with Gasteiger partial charge in [-0.2, -0.15) is 8.42 Å². The van der Waals surface area contributed by atoms with Gasteiger partial charge in [0.2, 0.25) is 5.79 Å². The van der Waals surface area contributed by atoms with Crippen molar-refractivity contribution < 1.29 is 17.3 Å². The van der Waals surface area contributed by atoms with Crippen molar-refractivity contribution >= 4 is 10.1 Å². The van der Waals surface area contributed by atoms with Gasteiger partial charge in [0, 0.05) is 13.3 Å². The number of hydrogen-bond donors (Lipinski definition) is 0. The van der Waals surface area contributed by atoms with E-state index in [0.717, 1.165) is 6.26 Å². The van der Waals surface area contributed by atoms with Crippen LogP contribution in [0, 0.1) is 0 Å². The fraction of sp³-hybridized carbons (Fsp3) is 0.667. The van der Waals surface area contributed by atoms with Gasteiger partial charge in [-0.3, -0.25) is 0 Å². The smallest absolute Gasteiger partial charge is 0.267 e. The molecule has 1 atom stereocenters. The Morgan fingerprint density at radius 1 is 1.64 bits per heavy atom. The van der Waals surface area contributed by atoms with Gasteiger partial charge in [0.1, 0.15) is 0 Å². The minimum absolute atomic E-state index is 0.458. The summed E-state index contributed by atoms with van der Waals surface area (Å²) >= 11 is 0. The highest BCUT2D eigenvalue weighted by Crippen LogP contribution is 2.25. The van der Waals surface area contributed by atoms with Gasteiger partial charge in [-0.05, 0) is 6.08 Å². The summed E-state index contributed by atoms with van der Waals surface area (Å²) < 4.78 is 30.9. The average molecular weight is 178 g/mol. The van der Waals surface area contributed by atoms with E-state index in [9.17, 15) is 8.42 Å². The third-order valence-electron chi connectivity index (χ3n) is 1.23. The summed E-state index contributed by atoms with van der Waals surface area (Å²) in [5.41, 5.74) is 0. The van der Waals surface area contributed by atoms with Gasteiger partial charge in [0.05, 0.1) is 12.5 Å². The van der Waals surface area contributed by atoms with Crippen molar-refractivity contribution in [3.63, 3.8) is 0 Å². The summed E-state index contributed by atoms with van der Waals surface area (Å²) in [4.78, 5) is 0. The predicted molar refractivity (Wildman–Crippen MR) is 39.2 cm³/mol. The molecule has 1 rings (SSSR count). The highest BCUT2D eigenvalue weighted by Gasteiger charge is 2.32. The molecule has 0 spiro atoms. The van der Waals surface area contributed by atoms with Crippen molar-refractivity contribution in [1.29, 1.82) is 0 Å². The van der Waals surface area contributed by atoms with Crippen LogP contribution in [0.15, 0.2) is 12.3 Å². The third kappa shape index (κ3) is 2.51. The molecule has 64 valence electrons. The molecule has 0 bridgehead atoms. The summed E-state index contributed by atoms with van der Waals surface area (Å²) in [7, 11) is -3.43.